The summed E-state index contributed by atoms with van der Waals surface area (Å²) < 4.78 is 29.3. The van der Waals surface area contributed by atoms with Crippen LogP contribution in [-0.4, -0.2) is 24.6 Å². The van der Waals surface area contributed by atoms with Crippen LogP contribution in [0.25, 0.3) is 0 Å². The molecule has 0 radical (unpaired) electrons. The fourth-order valence-electron chi connectivity index (χ4n) is 1.58. The molecule has 0 bridgehead atoms. The van der Waals surface area contributed by atoms with Crippen molar-refractivity contribution < 1.29 is 13.2 Å². The first kappa shape index (κ1) is 9.95. The Bertz CT molecular complexity index is 466. The normalized spacial score (nSPS) is 16.7. The van der Waals surface area contributed by atoms with Gasteiger partial charge in [0, 0.05) is 17.2 Å². The molecule has 0 N–H and O–H groups in total. The van der Waals surface area contributed by atoms with Crippen molar-refractivity contribution in [1.29, 1.82) is 0 Å². The third-order valence-corrected chi connectivity index (χ3v) is 3.50. The minimum atomic E-state index is -3.71. The zero-order valence-corrected chi connectivity index (χ0v) is 9.10. The van der Waals surface area contributed by atoms with E-state index in [2.05, 4.69) is 4.98 Å². The molecule has 2 rings (SSSR count). The van der Waals surface area contributed by atoms with Crippen LogP contribution < -0.4 is 0 Å². The molecule has 0 aliphatic carbocycles. The van der Waals surface area contributed by atoms with Crippen molar-refractivity contribution in [1.82, 2.24) is 9.55 Å². The lowest BCUT2D eigenvalue weighted by Crippen LogP contribution is -2.19. The van der Waals surface area contributed by atoms with E-state index in [0.29, 0.717) is 31.3 Å². The second kappa shape index (κ2) is 3.22. The third-order valence-electron chi connectivity index (χ3n) is 2.08. The first-order chi connectivity index (χ1) is 6.50. The van der Waals surface area contributed by atoms with Crippen LogP contribution in [0.15, 0.2) is 5.03 Å². The van der Waals surface area contributed by atoms with E-state index in [1.54, 1.807) is 11.5 Å². The van der Waals surface area contributed by atoms with Crippen LogP contribution in [-0.2, 0) is 26.9 Å². The average Bonchev–Trinajstić information content (AvgIpc) is 2.38. The summed E-state index contributed by atoms with van der Waals surface area (Å²) in [5, 5.41) is 0.0949. The molecule has 0 fully saturated rings. The number of halogens is 1. The van der Waals surface area contributed by atoms with Gasteiger partial charge in [0.1, 0.15) is 12.4 Å². The molecule has 0 aromatic carbocycles. The molecule has 7 heteroatoms. The molecule has 1 aliphatic rings. The molecule has 1 aliphatic heterocycles. The van der Waals surface area contributed by atoms with Gasteiger partial charge in [0.05, 0.1) is 12.3 Å². The second-order valence-corrected chi connectivity index (χ2v) is 5.54. The van der Waals surface area contributed by atoms with Gasteiger partial charge in [-0.3, -0.25) is 0 Å². The molecule has 1 aromatic heterocycles. The van der Waals surface area contributed by atoms with E-state index < -0.39 is 9.05 Å². The van der Waals surface area contributed by atoms with Crippen molar-refractivity contribution in [3.63, 3.8) is 0 Å². The van der Waals surface area contributed by atoms with E-state index in [-0.39, 0.29) is 5.03 Å². The zero-order valence-electron chi connectivity index (χ0n) is 7.53. The van der Waals surface area contributed by atoms with Crippen LogP contribution in [0.5, 0.6) is 0 Å². The third kappa shape index (κ3) is 1.53. The number of nitrogens with zero attached hydrogens (tertiary/aromatic N) is 2. The molecule has 14 heavy (non-hydrogen) atoms. The highest BCUT2D eigenvalue weighted by molar-refractivity contribution is 8.13. The highest BCUT2D eigenvalue weighted by Gasteiger charge is 2.25. The van der Waals surface area contributed by atoms with Crippen LogP contribution in [0.4, 0.5) is 0 Å². The number of imidazole rings is 1. The summed E-state index contributed by atoms with van der Waals surface area (Å²) in [6.45, 7) is 2.94. The quantitative estimate of drug-likeness (QED) is 0.672. The van der Waals surface area contributed by atoms with Crippen LogP contribution >= 0.6 is 10.7 Å². The average molecular weight is 237 g/mol. The van der Waals surface area contributed by atoms with E-state index in [1.165, 1.54) is 0 Å². The molecule has 1 aromatic rings. The zero-order chi connectivity index (χ0) is 10.3. The molecule has 0 amide bonds. The van der Waals surface area contributed by atoms with Gasteiger partial charge in [-0.2, -0.15) is 0 Å². The predicted molar refractivity (Wildman–Crippen MR) is 49.7 cm³/mol. The first-order valence-electron chi connectivity index (χ1n) is 4.08. The van der Waals surface area contributed by atoms with E-state index in [0.717, 1.165) is 0 Å². The fourth-order valence-corrected chi connectivity index (χ4v) is 3.03. The van der Waals surface area contributed by atoms with E-state index in [4.69, 9.17) is 15.4 Å². The van der Waals surface area contributed by atoms with Crippen LogP contribution in [0.3, 0.4) is 0 Å². The smallest absolute Gasteiger partial charge is 0.278 e. The second-order valence-electron chi connectivity index (χ2n) is 3.06. The summed E-state index contributed by atoms with van der Waals surface area (Å²) in [7, 11) is 1.60. The summed E-state index contributed by atoms with van der Waals surface area (Å²) in [6.07, 6.45) is 0. The maximum absolute atomic E-state index is 11.3. The largest absolute Gasteiger partial charge is 0.372 e. The highest BCUT2D eigenvalue weighted by Crippen LogP contribution is 2.23. The Morgan fingerprint density at radius 3 is 2.93 bits per heavy atom. The van der Waals surface area contributed by atoms with Crippen LogP contribution in [0.1, 0.15) is 11.5 Å². The number of fused-ring (bicyclic) bond motifs is 1. The van der Waals surface area contributed by atoms with Crippen molar-refractivity contribution >= 4 is 19.7 Å². The van der Waals surface area contributed by atoms with Gasteiger partial charge in [-0.25, -0.2) is 13.4 Å². The van der Waals surface area contributed by atoms with Crippen molar-refractivity contribution in [2.45, 2.75) is 25.1 Å². The minimum Gasteiger partial charge on any atom is -0.372 e. The predicted octanol–water partition coefficient (Wildman–Crippen LogP) is 0.649. The van der Waals surface area contributed by atoms with Gasteiger partial charge < -0.3 is 9.30 Å². The Morgan fingerprint density at radius 1 is 1.57 bits per heavy atom. The van der Waals surface area contributed by atoms with Crippen molar-refractivity contribution in [3.05, 3.63) is 11.5 Å². The lowest BCUT2D eigenvalue weighted by molar-refractivity contribution is 0.0787. The number of aromatic nitrogens is 2. The summed E-state index contributed by atoms with van der Waals surface area (Å²) in [4.78, 5) is 4.09. The van der Waals surface area contributed by atoms with E-state index >= 15 is 0 Å². The molecule has 0 atom stereocenters. The lowest BCUT2D eigenvalue weighted by atomic mass is 10.5. The SMILES string of the molecule is Cc1nc2n(c1S(=O)(=O)Cl)CCOC2. The van der Waals surface area contributed by atoms with Gasteiger partial charge in [0.2, 0.25) is 0 Å². The summed E-state index contributed by atoms with van der Waals surface area (Å²) in [6, 6.07) is 0. The maximum Gasteiger partial charge on any atom is 0.278 e. The summed E-state index contributed by atoms with van der Waals surface area (Å²) >= 11 is 0. The summed E-state index contributed by atoms with van der Waals surface area (Å²) in [5.41, 5.74) is 0.431. The molecule has 2 heterocycles. The van der Waals surface area contributed by atoms with Crippen LogP contribution in [0, 0.1) is 6.92 Å². The van der Waals surface area contributed by atoms with Gasteiger partial charge >= 0.3 is 0 Å². The first-order valence-corrected chi connectivity index (χ1v) is 6.39. The van der Waals surface area contributed by atoms with Gasteiger partial charge in [-0.1, -0.05) is 0 Å². The Morgan fingerprint density at radius 2 is 2.29 bits per heavy atom. The molecule has 78 valence electrons. The monoisotopic (exact) mass is 236 g/mol. The molecule has 5 nitrogen and oxygen atoms in total. The number of hydrogen-bond acceptors (Lipinski definition) is 4. The Balaban J connectivity index is 2.65. The topological polar surface area (TPSA) is 61.2 Å². The summed E-state index contributed by atoms with van der Waals surface area (Å²) in [5.74, 6) is 0.618. The number of ether oxygens (including phenoxy) is 1. The molecule has 0 unspecified atom stereocenters. The maximum atomic E-state index is 11.3. The number of aryl methyl sites for hydroxylation is 1. The van der Waals surface area contributed by atoms with Gasteiger partial charge in [-0.15, -0.1) is 0 Å². The van der Waals surface area contributed by atoms with Crippen molar-refractivity contribution in [3.8, 4) is 0 Å². The van der Waals surface area contributed by atoms with Crippen molar-refractivity contribution in [2.24, 2.45) is 0 Å². The number of hydrogen-bond donors (Lipinski definition) is 0. The number of rotatable bonds is 1. The lowest BCUT2D eigenvalue weighted by Gasteiger charge is -2.15. The van der Waals surface area contributed by atoms with E-state index in [1.807, 2.05) is 0 Å². The van der Waals surface area contributed by atoms with Crippen LogP contribution in [0.2, 0.25) is 0 Å². The molecule has 0 spiro atoms. The Hall–Kier alpha value is -0.590. The Labute approximate surface area is 86.1 Å². The molecule has 0 saturated carbocycles. The van der Waals surface area contributed by atoms with Crippen molar-refractivity contribution in [2.75, 3.05) is 6.61 Å². The minimum absolute atomic E-state index is 0.0949. The molecular formula is C7H9ClN2O3S. The Kier molecular flexibility index (Phi) is 2.29. The highest BCUT2D eigenvalue weighted by atomic mass is 35.7. The van der Waals surface area contributed by atoms with Gasteiger partial charge in [-0.05, 0) is 6.92 Å². The molecule has 0 saturated heterocycles. The standard InChI is InChI=1S/C7H9ClN2O3S/c1-5-7(14(8,11)12)10-2-3-13-4-6(10)9-5/h2-4H2,1H3. The van der Waals surface area contributed by atoms with E-state index in [9.17, 15) is 8.42 Å². The van der Waals surface area contributed by atoms with Gasteiger partial charge in [0.25, 0.3) is 9.05 Å². The van der Waals surface area contributed by atoms with Gasteiger partial charge in [0.15, 0.2) is 5.03 Å². The molecular weight excluding hydrogens is 228 g/mol. The fraction of sp³-hybridized carbons (Fsp3) is 0.571.